The summed E-state index contributed by atoms with van der Waals surface area (Å²) in [6.45, 7) is 0.324. The van der Waals surface area contributed by atoms with Crippen molar-refractivity contribution in [2.75, 3.05) is 29.2 Å². The Kier molecular flexibility index (Phi) is 6.08. The molecule has 176 valence electrons. The second-order valence-corrected chi connectivity index (χ2v) is 8.03. The summed E-state index contributed by atoms with van der Waals surface area (Å²) in [6.07, 6.45) is 3.63. The van der Waals surface area contributed by atoms with Gasteiger partial charge in [-0.15, -0.1) is 10.2 Å². The number of nitrogens with zero attached hydrogens (tertiary/aromatic N) is 5. The van der Waals surface area contributed by atoms with Gasteiger partial charge in [-0.3, -0.25) is 9.59 Å². The van der Waals surface area contributed by atoms with Crippen molar-refractivity contribution in [3.63, 3.8) is 0 Å². The molecule has 2 amide bonds. The van der Waals surface area contributed by atoms with Crippen molar-refractivity contribution in [2.24, 2.45) is 5.92 Å². The average Bonchev–Trinajstić information content (AvgIpc) is 3.56. The molecule has 4 aromatic rings. The highest BCUT2D eigenvalue weighted by atomic mass is 16.5. The highest BCUT2D eigenvalue weighted by Crippen LogP contribution is 2.28. The van der Waals surface area contributed by atoms with E-state index in [2.05, 4.69) is 25.9 Å². The second kappa shape index (κ2) is 9.64. The maximum absolute atomic E-state index is 12.8. The number of carbonyl (C=O) groups is 2. The molecule has 1 atom stereocenters. The van der Waals surface area contributed by atoms with Crippen molar-refractivity contribution >= 4 is 34.7 Å². The van der Waals surface area contributed by atoms with Gasteiger partial charge in [0.05, 0.1) is 13.0 Å². The number of benzene rings is 2. The Hall–Kier alpha value is -4.73. The van der Waals surface area contributed by atoms with Gasteiger partial charge in [0.25, 0.3) is 0 Å². The van der Waals surface area contributed by atoms with E-state index >= 15 is 0 Å². The van der Waals surface area contributed by atoms with Crippen molar-refractivity contribution in [1.82, 2.24) is 20.0 Å². The Labute approximate surface area is 201 Å². The maximum atomic E-state index is 12.8. The van der Waals surface area contributed by atoms with Gasteiger partial charge in [0.15, 0.2) is 11.6 Å². The van der Waals surface area contributed by atoms with Gasteiger partial charge in [-0.05, 0) is 54.6 Å². The lowest BCUT2D eigenvalue weighted by Crippen LogP contribution is -2.28. The van der Waals surface area contributed by atoms with Crippen LogP contribution in [0.15, 0.2) is 79.1 Å². The lowest BCUT2D eigenvalue weighted by molar-refractivity contribution is -0.122. The van der Waals surface area contributed by atoms with Gasteiger partial charge in [0.2, 0.25) is 11.8 Å². The largest absolute Gasteiger partial charge is 0.497 e. The summed E-state index contributed by atoms with van der Waals surface area (Å²) in [5.41, 5.74) is 2.16. The summed E-state index contributed by atoms with van der Waals surface area (Å²) in [4.78, 5) is 27.0. The van der Waals surface area contributed by atoms with Gasteiger partial charge < -0.3 is 20.3 Å². The summed E-state index contributed by atoms with van der Waals surface area (Å²) >= 11 is 0. The first kappa shape index (κ1) is 22.1. The molecule has 2 aromatic carbocycles. The van der Waals surface area contributed by atoms with Gasteiger partial charge in [-0.1, -0.05) is 6.07 Å². The normalized spacial score (nSPS) is 15.2. The van der Waals surface area contributed by atoms with Crippen LogP contribution in [0.5, 0.6) is 5.75 Å². The highest BCUT2D eigenvalue weighted by Gasteiger charge is 2.35. The minimum absolute atomic E-state index is 0.0855. The molecule has 2 aromatic heterocycles. The molecule has 10 heteroatoms. The monoisotopic (exact) mass is 469 g/mol. The Morgan fingerprint density at radius 2 is 1.86 bits per heavy atom. The van der Waals surface area contributed by atoms with E-state index in [4.69, 9.17) is 4.74 Å². The number of aromatic nitrogens is 4. The van der Waals surface area contributed by atoms with Crippen LogP contribution in [0.2, 0.25) is 0 Å². The quantitative estimate of drug-likeness (QED) is 0.426. The molecule has 3 heterocycles. The lowest BCUT2D eigenvalue weighted by atomic mass is 10.1. The predicted octanol–water partition coefficient (Wildman–Crippen LogP) is 3.41. The van der Waals surface area contributed by atoms with E-state index in [0.29, 0.717) is 29.6 Å². The molecule has 0 radical (unpaired) electrons. The van der Waals surface area contributed by atoms with Gasteiger partial charge in [-0.25, -0.2) is 4.68 Å². The zero-order valence-electron chi connectivity index (χ0n) is 19.0. The van der Waals surface area contributed by atoms with Crippen LogP contribution in [0.3, 0.4) is 0 Å². The Bertz CT molecular complexity index is 1320. The van der Waals surface area contributed by atoms with Gasteiger partial charge in [0, 0.05) is 48.5 Å². The average molecular weight is 470 g/mol. The van der Waals surface area contributed by atoms with E-state index < -0.39 is 5.92 Å². The first-order valence-corrected chi connectivity index (χ1v) is 11.1. The van der Waals surface area contributed by atoms with Crippen molar-refractivity contribution in [2.45, 2.75) is 6.42 Å². The summed E-state index contributed by atoms with van der Waals surface area (Å²) in [6, 6.07) is 20.0. The topological polar surface area (TPSA) is 114 Å². The fraction of sp³-hybridized carbons (Fsp3) is 0.160. The standard InChI is InChI=1S/C25H23N7O3/c1-35-21-5-2-4-20(15-21)31-16-17(14-24(31)33)25(34)28-19-8-6-18(7-9-19)27-22-10-11-23(30-29-22)32-13-3-12-26-32/h2-13,15,17H,14,16H2,1H3,(H,27,29)(H,28,34)/t17-/m0/s1. The molecule has 5 rings (SSSR count). The maximum Gasteiger partial charge on any atom is 0.229 e. The summed E-state index contributed by atoms with van der Waals surface area (Å²) in [7, 11) is 1.58. The SMILES string of the molecule is COc1cccc(N2C[C@@H](C(=O)Nc3ccc(Nc4ccc(-n5cccn5)nn4)cc3)CC2=O)c1. The fourth-order valence-electron chi connectivity index (χ4n) is 3.86. The Morgan fingerprint density at radius 1 is 1.03 bits per heavy atom. The third-order valence-corrected chi connectivity index (χ3v) is 5.68. The highest BCUT2D eigenvalue weighted by molar-refractivity contribution is 6.03. The molecule has 1 aliphatic heterocycles. The van der Waals surface area contributed by atoms with Crippen LogP contribution in [-0.4, -0.2) is 45.4 Å². The van der Waals surface area contributed by atoms with Crippen LogP contribution in [0.4, 0.5) is 22.9 Å². The zero-order valence-corrected chi connectivity index (χ0v) is 19.0. The minimum atomic E-state index is -0.435. The van der Waals surface area contributed by atoms with Crippen LogP contribution in [0.25, 0.3) is 5.82 Å². The van der Waals surface area contributed by atoms with E-state index in [1.165, 1.54) is 0 Å². The number of anilines is 4. The molecule has 0 aliphatic carbocycles. The van der Waals surface area contributed by atoms with Crippen LogP contribution < -0.4 is 20.3 Å². The molecule has 0 bridgehead atoms. The molecule has 1 fully saturated rings. The third-order valence-electron chi connectivity index (χ3n) is 5.68. The van der Waals surface area contributed by atoms with Crippen molar-refractivity contribution in [1.29, 1.82) is 0 Å². The Balaban J connectivity index is 1.18. The number of hydrogen-bond donors (Lipinski definition) is 2. The molecule has 1 saturated heterocycles. The third kappa shape index (κ3) is 4.96. The number of amides is 2. The van der Waals surface area contributed by atoms with Crippen molar-refractivity contribution in [3.8, 4) is 11.6 Å². The van der Waals surface area contributed by atoms with Gasteiger partial charge >= 0.3 is 0 Å². The minimum Gasteiger partial charge on any atom is -0.497 e. The summed E-state index contributed by atoms with van der Waals surface area (Å²) < 4.78 is 6.86. The smallest absolute Gasteiger partial charge is 0.229 e. The lowest BCUT2D eigenvalue weighted by Gasteiger charge is -2.17. The van der Waals surface area contributed by atoms with E-state index in [9.17, 15) is 9.59 Å². The molecular formula is C25H23N7O3. The van der Waals surface area contributed by atoms with Crippen LogP contribution in [0, 0.1) is 5.92 Å². The van der Waals surface area contributed by atoms with Crippen LogP contribution in [-0.2, 0) is 9.59 Å². The van der Waals surface area contributed by atoms with E-state index in [1.807, 2.05) is 48.5 Å². The van der Waals surface area contributed by atoms with E-state index in [1.54, 1.807) is 47.3 Å². The number of carbonyl (C=O) groups excluding carboxylic acids is 2. The second-order valence-electron chi connectivity index (χ2n) is 8.03. The number of hydrogen-bond acceptors (Lipinski definition) is 7. The van der Waals surface area contributed by atoms with Crippen molar-refractivity contribution in [3.05, 3.63) is 79.1 Å². The zero-order chi connectivity index (χ0) is 24.2. The molecule has 1 aliphatic rings. The van der Waals surface area contributed by atoms with Gasteiger partial charge in [-0.2, -0.15) is 5.10 Å². The first-order chi connectivity index (χ1) is 17.1. The summed E-state index contributed by atoms with van der Waals surface area (Å²) in [5, 5.41) is 18.5. The number of rotatable bonds is 7. The molecule has 10 nitrogen and oxygen atoms in total. The molecule has 2 N–H and O–H groups in total. The molecule has 35 heavy (non-hydrogen) atoms. The fourth-order valence-corrected chi connectivity index (χ4v) is 3.86. The molecular weight excluding hydrogens is 446 g/mol. The van der Waals surface area contributed by atoms with Gasteiger partial charge in [0.1, 0.15) is 5.75 Å². The van der Waals surface area contributed by atoms with E-state index in [-0.39, 0.29) is 18.2 Å². The summed E-state index contributed by atoms with van der Waals surface area (Å²) in [5.74, 6) is 1.16. The number of nitrogens with one attached hydrogen (secondary N) is 2. The Morgan fingerprint density at radius 3 is 2.57 bits per heavy atom. The van der Waals surface area contributed by atoms with Crippen LogP contribution in [0.1, 0.15) is 6.42 Å². The number of ether oxygens (including phenoxy) is 1. The first-order valence-electron chi connectivity index (χ1n) is 11.1. The molecule has 0 saturated carbocycles. The molecule has 0 unspecified atom stereocenters. The molecule has 0 spiro atoms. The number of methoxy groups -OCH3 is 1. The van der Waals surface area contributed by atoms with Crippen LogP contribution >= 0.6 is 0 Å². The van der Waals surface area contributed by atoms with E-state index in [0.717, 1.165) is 11.4 Å². The predicted molar refractivity (Wildman–Crippen MR) is 131 cm³/mol. The van der Waals surface area contributed by atoms with Crippen molar-refractivity contribution < 1.29 is 14.3 Å².